The Morgan fingerprint density at radius 3 is 2.72 bits per heavy atom. The van der Waals surface area contributed by atoms with Crippen LogP contribution in [0.5, 0.6) is 0 Å². The molecule has 9 nitrogen and oxygen atoms in total. The van der Waals surface area contributed by atoms with Crippen molar-refractivity contribution in [1.82, 2.24) is 24.2 Å². The summed E-state index contributed by atoms with van der Waals surface area (Å²) in [4.78, 5) is 26.9. The van der Waals surface area contributed by atoms with Gasteiger partial charge in [0.15, 0.2) is 0 Å². The zero-order valence-corrected chi connectivity index (χ0v) is 21.7. The summed E-state index contributed by atoms with van der Waals surface area (Å²) in [5, 5.41) is 6.56. The number of amides is 1. The number of hydrogen-bond acceptors (Lipinski definition) is 5. The zero-order chi connectivity index (χ0) is 27.1. The van der Waals surface area contributed by atoms with E-state index < -0.39 is 35.2 Å². The number of fused-ring (bicyclic) bond motifs is 1. The Bertz CT molecular complexity index is 1580. The van der Waals surface area contributed by atoms with E-state index in [9.17, 15) is 17.8 Å². The van der Waals surface area contributed by atoms with Crippen LogP contribution in [-0.2, 0) is 22.3 Å². The van der Waals surface area contributed by atoms with E-state index in [1.54, 1.807) is 18.3 Å². The number of carbonyl (C=O) groups excluding carboxylic acids is 1. The van der Waals surface area contributed by atoms with Gasteiger partial charge in [0.2, 0.25) is 5.91 Å². The molecule has 1 aliphatic heterocycles. The second-order valence-electron chi connectivity index (χ2n) is 9.43. The summed E-state index contributed by atoms with van der Waals surface area (Å²) in [6.07, 6.45) is 6.12. The molecule has 1 amide bonds. The number of hydrogen-bond donors (Lipinski definition) is 4. The van der Waals surface area contributed by atoms with Crippen molar-refractivity contribution in [1.29, 1.82) is 0 Å². The van der Waals surface area contributed by atoms with Gasteiger partial charge in [-0.15, -0.1) is 0 Å². The first-order valence-corrected chi connectivity index (χ1v) is 13.5. The molecule has 4 heterocycles. The number of allylic oxidation sites excluding steroid dienone is 1. The number of anilines is 3. The number of nitrogens with zero attached hydrogens (tertiary/aromatic N) is 3. The maximum absolute atomic E-state index is 13.4. The molecular weight excluding hydrogens is 524 g/mol. The quantitative estimate of drug-likeness (QED) is 0.256. The molecule has 39 heavy (non-hydrogen) atoms. The SMILES string of the molecule is C/C=C1/CN(S(=O)c2cnc[nH]2)Cc2[nH]c(-c3ccnc(NC(=O)C4CC4(F)F)c3)c(Nc3ccccc3)c21. The second kappa shape index (κ2) is 9.86. The van der Waals surface area contributed by atoms with Gasteiger partial charge in [-0.3, -0.25) is 4.79 Å². The first kappa shape index (κ1) is 25.1. The standard InChI is InChI=1S/C27H25F2N7O2S/c1-2-16-13-36(39(38)22-12-30-15-32-22)14-20-23(16)25(33-18-6-4-3-5-7-18)24(34-20)17-8-9-31-21(10-17)35-26(37)19-11-27(19,28)29/h2-10,12,15,19,33-34H,11,13-14H2,1H3,(H,30,32)(H,31,35,37)/b16-2-. The highest BCUT2D eigenvalue weighted by Crippen LogP contribution is 2.49. The molecule has 12 heteroatoms. The Kier molecular flexibility index (Phi) is 6.35. The van der Waals surface area contributed by atoms with E-state index in [2.05, 4.69) is 30.6 Å². The molecule has 0 bridgehead atoms. The Balaban J connectivity index is 1.39. The lowest BCUT2D eigenvalue weighted by Gasteiger charge is -2.27. The molecule has 2 atom stereocenters. The van der Waals surface area contributed by atoms with Gasteiger partial charge in [0.05, 0.1) is 30.5 Å². The predicted molar refractivity (Wildman–Crippen MR) is 144 cm³/mol. The number of aromatic amines is 2. The second-order valence-corrected chi connectivity index (χ2v) is 10.9. The maximum atomic E-state index is 13.4. The van der Waals surface area contributed by atoms with E-state index in [1.807, 2.05) is 47.6 Å². The van der Waals surface area contributed by atoms with Gasteiger partial charge in [-0.1, -0.05) is 24.3 Å². The highest BCUT2D eigenvalue weighted by atomic mass is 32.2. The van der Waals surface area contributed by atoms with Crippen LogP contribution in [0.1, 0.15) is 24.6 Å². The average molecular weight is 550 g/mol. The van der Waals surface area contributed by atoms with E-state index in [0.29, 0.717) is 23.7 Å². The van der Waals surface area contributed by atoms with E-state index in [1.165, 1.54) is 12.5 Å². The predicted octanol–water partition coefficient (Wildman–Crippen LogP) is 5.08. The van der Waals surface area contributed by atoms with Gasteiger partial charge < -0.3 is 20.6 Å². The highest BCUT2D eigenvalue weighted by molar-refractivity contribution is 7.82. The molecule has 6 rings (SSSR count). The van der Waals surface area contributed by atoms with E-state index in [-0.39, 0.29) is 5.82 Å². The molecule has 1 saturated carbocycles. The first-order valence-electron chi connectivity index (χ1n) is 12.4. The first-order chi connectivity index (χ1) is 18.8. The van der Waals surface area contributed by atoms with Crippen molar-refractivity contribution in [3.05, 3.63) is 78.5 Å². The van der Waals surface area contributed by atoms with Gasteiger partial charge in [-0.05, 0) is 36.8 Å². The Labute approximate surface area is 225 Å². The number of H-pyrrole nitrogens is 2. The Morgan fingerprint density at radius 2 is 2.03 bits per heavy atom. The lowest BCUT2D eigenvalue weighted by molar-refractivity contribution is -0.119. The smallest absolute Gasteiger partial charge is 0.260 e. The van der Waals surface area contributed by atoms with Crippen molar-refractivity contribution in [2.75, 3.05) is 17.2 Å². The summed E-state index contributed by atoms with van der Waals surface area (Å²) in [6.45, 7) is 2.77. The largest absolute Gasteiger partial charge is 0.355 e. The van der Waals surface area contributed by atoms with Crippen LogP contribution in [0.2, 0.25) is 0 Å². The van der Waals surface area contributed by atoms with Crippen LogP contribution in [0.3, 0.4) is 0 Å². The van der Waals surface area contributed by atoms with Crippen molar-refractivity contribution < 1.29 is 17.8 Å². The minimum atomic E-state index is -2.96. The molecule has 2 aliphatic rings. The number of pyridine rings is 1. The molecule has 4 aromatic rings. The third-order valence-electron chi connectivity index (χ3n) is 6.81. The number of aromatic nitrogens is 4. The fourth-order valence-corrected chi connectivity index (χ4v) is 5.81. The molecule has 2 unspecified atom stereocenters. The number of imidazole rings is 1. The number of benzene rings is 1. The van der Waals surface area contributed by atoms with Gasteiger partial charge in [0, 0.05) is 41.7 Å². The lowest BCUT2D eigenvalue weighted by atomic mass is 9.99. The van der Waals surface area contributed by atoms with Crippen LogP contribution in [0, 0.1) is 5.92 Å². The van der Waals surface area contributed by atoms with Gasteiger partial charge in [0.25, 0.3) is 5.92 Å². The highest BCUT2D eigenvalue weighted by Gasteiger charge is 2.61. The molecule has 3 aromatic heterocycles. The Morgan fingerprint density at radius 1 is 1.23 bits per heavy atom. The van der Waals surface area contributed by atoms with E-state index in [4.69, 9.17) is 0 Å². The molecule has 0 spiro atoms. The summed E-state index contributed by atoms with van der Waals surface area (Å²) < 4.78 is 41.9. The number of nitrogens with one attached hydrogen (secondary N) is 4. The van der Waals surface area contributed by atoms with Crippen LogP contribution in [0.15, 0.2) is 72.3 Å². The number of halogens is 2. The van der Waals surface area contributed by atoms with Crippen LogP contribution in [0.25, 0.3) is 16.8 Å². The number of alkyl halides is 2. The topological polar surface area (TPSA) is 119 Å². The molecule has 1 aromatic carbocycles. The minimum absolute atomic E-state index is 0.187. The van der Waals surface area contributed by atoms with E-state index >= 15 is 0 Å². The monoisotopic (exact) mass is 549 g/mol. The fourth-order valence-electron chi connectivity index (χ4n) is 4.73. The summed E-state index contributed by atoms with van der Waals surface area (Å²) in [6, 6.07) is 13.1. The molecule has 0 saturated heterocycles. The summed E-state index contributed by atoms with van der Waals surface area (Å²) in [5.74, 6) is -4.84. The van der Waals surface area contributed by atoms with Crippen LogP contribution in [0.4, 0.5) is 26.0 Å². The van der Waals surface area contributed by atoms with Crippen molar-refractivity contribution >= 4 is 39.7 Å². The van der Waals surface area contributed by atoms with Crippen molar-refractivity contribution in [2.45, 2.75) is 30.8 Å². The molecule has 0 radical (unpaired) electrons. The zero-order valence-electron chi connectivity index (χ0n) is 20.9. The van der Waals surface area contributed by atoms with Gasteiger partial charge in [-0.2, -0.15) is 0 Å². The lowest BCUT2D eigenvalue weighted by Crippen LogP contribution is -2.31. The van der Waals surface area contributed by atoms with Gasteiger partial charge >= 0.3 is 0 Å². The normalized spacial score (nSPS) is 19.9. The maximum Gasteiger partial charge on any atom is 0.260 e. The summed E-state index contributed by atoms with van der Waals surface area (Å²) in [7, 11) is -1.45. The molecule has 4 N–H and O–H groups in total. The molecule has 1 fully saturated rings. The van der Waals surface area contributed by atoms with Gasteiger partial charge in [0.1, 0.15) is 27.7 Å². The van der Waals surface area contributed by atoms with Crippen molar-refractivity contribution in [2.24, 2.45) is 5.92 Å². The third kappa shape index (κ3) is 4.88. The number of para-hydroxylation sites is 1. The minimum Gasteiger partial charge on any atom is -0.355 e. The van der Waals surface area contributed by atoms with Gasteiger partial charge in [-0.25, -0.2) is 27.3 Å². The Hall–Kier alpha value is -4.16. The molecule has 1 aliphatic carbocycles. The van der Waals surface area contributed by atoms with Crippen LogP contribution >= 0.6 is 0 Å². The summed E-state index contributed by atoms with van der Waals surface area (Å²) >= 11 is 0. The third-order valence-corrected chi connectivity index (χ3v) is 8.14. The van der Waals surface area contributed by atoms with E-state index in [0.717, 1.165) is 33.9 Å². The van der Waals surface area contributed by atoms with Crippen molar-refractivity contribution in [3.8, 4) is 11.3 Å². The number of carbonyl (C=O) groups is 1. The van der Waals surface area contributed by atoms with Crippen molar-refractivity contribution in [3.63, 3.8) is 0 Å². The van der Waals surface area contributed by atoms with Crippen LogP contribution < -0.4 is 10.6 Å². The van der Waals surface area contributed by atoms with Crippen LogP contribution in [-0.4, -0.2) is 46.8 Å². The fraction of sp³-hybridized carbons (Fsp3) is 0.222. The molecular formula is C27H25F2N7O2S. The average Bonchev–Trinajstić information content (AvgIpc) is 3.29. The molecule has 200 valence electrons. The summed E-state index contributed by atoms with van der Waals surface area (Å²) in [5.41, 5.74) is 5.92. The number of rotatable bonds is 7.